The number of benzene rings is 1. The summed E-state index contributed by atoms with van der Waals surface area (Å²) in [5.74, 6) is 0.307. The van der Waals surface area contributed by atoms with Crippen molar-refractivity contribution in [3.63, 3.8) is 0 Å². The second-order valence-electron chi connectivity index (χ2n) is 7.69. The van der Waals surface area contributed by atoms with Gasteiger partial charge in [0.2, 0.25) is 15.9 Å². The molecule has 0 aliphatic carbocycles. The predicted molar refractivity (Wildman–Crippen MR) is 112 cm³/mol. The van der Waals surface area contributed by atoms with Crippen LogP contribution in [0.5, 0.6) is 5.88 Å². The van der Waals surface area contributed by atoms with Crippen molar-refractivity contribution in [2.45, 2.75) is 30.8 Å². The molecule has 0 saturated carbocycles. The number of carbonyl (C=O) groups excluding carboxylic acids is 1. The van der Waals surface area contributed by atoms with Crippen LogP contribution in [0.15, 0.2) is 41.3 Å². The number of nitrogens with zero attached hydrogens (tertiary/aromatic N) is 4. The lowest BCUT2D eigenvalue weighted by atomic mass is 10.1. The molecular formula is C21H26N4O5S. The first-order chi connectivity index (χ1) is 14.9. The van der Waals surface area contributed by atoms with Crippen molar-refractivity contribution in [2.75, 3.05) is 39.4 Å². The summed E-state index contributed by atoms with van der Waals surface area (Å²) in [6.07, 6.45) is 1.49. The molecule has 4 rings (SSSR count). The van der Waals surface area contributed by atoms with Gasteiger partial charge in [0.1, 0.15) is 6.10 Å². The van der Waals surface area contributed by atoms with Crippen LogP contribution in [0.25, 0.3) is 0 Å². The van der Waals surface area contributed by atoms with Crippen molar-refractivity contribution in [3.8, 4) is 5.88 Å². The van der Waals surface area contributed by atoms with Crippen molar-refractivity contribution < 1.29 is 22.7 Å². The van der Waals surface area contributed by atoms with E-state index in [-0.39, 0.29) is 16.9 Å². The summed E-state index contributed by atoms with van der Waals surface area (Å²) in [6, 6.07) is 9.75. The topological polar surface area (TPSA) is 102 Å². The molecular weight excluding hydrogens is 420 g/mol. The van der Waals surface area contributed by atoms with Gasteiger partial charge in [-0.1, -0.05) is 0 Å². The maximum Gasteiger partial charge on any atom is 0.253 e. The number of rotatable bonds is 5. The van der Waals surface area contributed by atoms with Gasteiger partial charge in [-0.05, 0) is 50.1 Å². The molecule has 31 heavy (non-hydrogen) atoms. The Morgan fingerprint density at radius 2 is 1.81 bits per heavy atom. The lowest BCUT2D eigenvalue weighted by Gasteiger charge is -2.32. The molecule has 2 fully saturated rings. The highest BCUT2D eigenvalue weighted by atomic mass is 32.2. The number of sulfonamides is 1. The summed E-state index contributed by atoms with van der Waals surface area (Å²) in [7, 11) is -3.58. The quantitative estimate of drug-likeness (QED) is 0.686. The number of piperidine rings is 1. The number of amides is 1. The first-order valence-corrected chi connectivity index (χ1v) is 11.8. The van der Waals surface area contributed by atoms with Crippen LogP contribution in [0.4, 0.5) is 0 Å². The Morgan fingerprint density at radius 1 is 1.06 bits per heavy atom. The predicted octanol–water partition coefficient (Wildman–Crippen LogP) is 1.49. The first-order valence-electron chi connectivity index (χ1n) is 10.4. The Morgan fingerprint density at radius 3 is 2.48 bits per heavy atom. The highest BCUT2D eigenvalue weighted by molar-refractivity contribution is 7.89. The van der Waals surface area contributed by atoms with Crippen LogP contribution < -0.4 is 4.74 Å². The molecule has 2 aliphatic rings. The Bertz CT molecular complexity index is 1010. The van der Waals surface area contributed by atoms with Crippen molar-refractivity contribution in [1.82, 2.24) is 19.4 Å². The fraction of sp³-hybridized carbons (Fsp3) is 0.476. The summed E-state index contributed by atoms with van der Waals surface area (Å²) in [5, 5.41) is 8.02. The molecule has 2 aromatic rings. The second-order valence-corrected chi connectivity index (χ2v) is 9.62. The van der Waals surface area contributed by atoms with E-state index in [1.165, 1.54) is 16.4 Å². The molecule has 9 nitrogen and oxygen atoms in total. The molecule has 0 spiro atoms. The zero-order chi connectivity index (χ0) is 21.8. The number of carbonyl (C=O) groups is 1. The molecule has 0 bridgehead atoms. The fourth-order valence-corrected chi connectivity index (χ4v) is 5.14. The minimum atomic E-state index is -3.58. The Kier molecular flexibility index (Phi) is 6.49. The van der Waals surface area contributed by atoms with E-state index in [4.69, 9.17) is 9.47 Å². The standard InChI is InChI=1S/C21H26N4O5S/c1-16-4-9-20(23-22-16)30-18-3-2-10-24(15-18)21(26)17-5-7-19(8-6-17)31(27,28)25-11-13-29-14-12-25/h4-9,18H,2-3,10-15H2,1H3. The van der Waals surface area contributed by atoms with Gasteiger partial charge in [0, 0.05) is 31.3 Å². The largest absolute Gasteiger partial charge is 0.471 e. The Hall–Kier alpha value is -2.56. The Labute approximate surface area is 182 Å². The van der Waals surface area contributed by atoms with Gasteiger partial charge in [-0.3, -0.25) is 4.79 Å². The van der Waals surface area contributed by atoms with Gasteiger partial charge in [-0.15, -0.1) is 5.10 Å². The summed E-state index contributed by atoms with van der Waals surface area (Å²) in [5.41, 5.74) is 1.27. The second kappa shape index (κ2) is 9.29. The number of aryl methyl sites for hydroxylation is 1. The van der Waals surface area contributed by atoms with E-state index in [1.54, 1.807) is 23.1 Å². The number of hydrogen-bond donors (Lipinski definition) is 0. The van der Waals surface area contributed by atoms with Gasteiger partial charge in [-0.2, -0.15) is 9.40 Å². The number of aromatic nitrogens is 2. The molecule has 0 radical (unpaired) electrons. The maximum atomic E-state index is 13.0. The van der Waals surface area contributed by atoms with Gasteiger partial charge in [0.15, 0.2) is 0 Å². The molecule has 1 amide bonds. The molecule has 1 unspecified atom stereocenters. The summed E-state index contributed by atoms with van der Waals surface area (Å²) >= 11 is 0. The van der Waals surface area contributed by atoms with E-state index >= 15 is 0 Å². The van der Waals surface area contributed by atoms with Crippen LogP contribution in [-0.4, -0.2) is 79.2 Å². The van der Waals surface area contributed by atoms with Crippen LogP contribution in [0.2, 0.25) is 0 Å². The van der Waals surface area contributed by atoms with Crippen LogP contribution >= 0.6 is 0 Å². The number of likely N-dealkylation sites (tertiary alicyclic amines) is 1. The maximum absolute atomic E-state index is 13.0. The van der Waals surface area contributed by atoms with Gasteiger partial charge in [0.05, 0.1) is 30.3 Å². The SMILES string of the molecule is Cc1ccc(OC2CCCN(C(=O)c3ccc(S(=O)(=O)N4CCOCC4)cc3)C2)nn1. The van der Waals surface area contributed by atoms with E-state index in [1.807, 2.05) is 13.0 Å². The van der Waals surface area contributed by atoms with E-state index in [0.29, 0.717) is 50.8 Å². The number of ether oxygens (including phenoxy) is 2. The zero-order valence-corrected chi connectivity index (χ0v) is 18.3. The van der Waals surface area contributed by atoms with E-state index in [9.17, 15) is 13.2 Å². The van der Waals surface area contributed by atoms with Gasteiger partial charge in [-0.25, -0.2) is 8.42 Å². The third-order valence-electron chi connectivity index (χ3n) is 5.44. The molecule has 2 saturated heterocycles. The van der Waals surface area contributed by atoms with Gasteiger partial charge >= 0.3 is 0 Å². The molecule has 10 heteroatoms. The average Bonchev–Trinajstić information content (AvgIpc) is 2.81. The third-order valence-corrected chi connectivity index (χ3v) is 7.35. The highest BCUT2D eigenvalue weighted by Gasteiger charge is 2.28. The summed E-state index contributed by atoms with van der Waals surface area (Å²) < 4.78 is 38.0. The summed E-state index contributed by atoms with van der Waals surface area (Å²) in [6.45, 7) is 4.39. The van der Waals surface area contributed by atoms with Gasteiger partial charge < -0.3 is 14.4 Å². The molecule has 2 aliphatic heterocycles. The van der Waals surface area contributed by atoms with Crippen molar-refractivity contribution in [3.05, 3.63) is 47.7 Å². The van der Waals surface area contributed by atoms with Crippen LogP contribution in [0.3, 0.4) is 0 Å². The molecule has 3 heterocycles. The normalized spacial score (nSPS) is 20.4. The number of hydrogen-bond acceptors (Lipinski definition) is 7. The smallest absolute Gasteiger partial charge is 0.253 e. The molecule has 166 valence electrons. The molecule has 1 atom stereocenters. The highest BCUT2D eigenvalue weighted by Crippen LogP contribution is 2.21. The van der Waals surface area contributed by atoms with Crippen molar-refractivity contribution >= 4 is 15.9 Å². The monoisotopic (exact) mass is 446 g/mol. The minimum Gasteiger partial charge on any atom is -0.471 e. The van der Waals surface area contributed by atoms with Gasteiger partial charge in [0.25, 0.3) is 5.91 Å². The lowest BCUT2D eigenvalue weighted by molar-refractivity contribution is 0.0525. The van der Waals surface area contributed by atoms with Crippen LogP contribution in [0.1, 0.15) is 28.9 Å². The van der Waals surface area contributed by atoms with Crippen molar-refractivity contribution in [1.29, 1.82) is 0 Å². The number of morpholine rings is 1. The molecule has 1 aromatic carbocycles. The summed E-state index contributed by atoms with van der Waals surface area (Å²) in [4.78, 5) is 14.9. The first kappa shape index (κ1) is 21.7. The average molecular weight is 447 g/mol. The zero-order valence-electron chi connectivity index (χ0n) is 17.4. The molecule has 0 N–H and O–H groups in total. The molecule has 1 aromatic heterocycles. The minimum absolute atomic E-state index is 0.140. The lowest BCUT2D eigenvalue weighted by Crippen LogP contribution is -2.44. The third kappa shape index (κ3) is 5.03. The van der Waals surface area contributed by atoms with E-state index in [0.717, 1.165) is 18.5 Å². The van der Waals surface area contributed by atoms with Crippen molar-refractivity contribution in [2.24, 2.45) is 0 Å². The van der Waals surface area contributed by atoms with E-state index in [2.05, 4.69) is 10.2 Å². The van der Waals surface area contributed by atoms with E-state index < -0.39 is 10.0 Å². The fourth-order valence-electron chi connectivity index (χ4n) is 3.73. The Balaban J connectivity index is 1.41. The van der Waals surface area contributed by atoms with Crippen LogP contribution in [-0.2, 0) is 14.8 Å². The van der Waals surface area contributed by atoms with Crippen LogP contribution in [0, 0.1) is 6.92 Å².